The van der Waals surface area contributed by atoms with Gasteiger partial charge in [-0.15, -0.1) is 10.2 Å². The molecule has 1 aliphatic heterocycles. The highest BCUT2D eigenvalue weighted by Gasteiger charge is 2.35. The highest BCUT2D eigenvalue weighted by Crippen LogP contribution is 2.44. The van der Waals surface area contributed by atoms with Gasteiger partial charge in [0.2, 0.25) is 23.2 Å². The summed E-state index contributed by atoms with van der Waals surface area (Å²) in [6.45, 7) is 8.22. The average Bonchev–Trinajstić information content (AvgIpc) is 2.96. The summed E-state index contributed by atoms with van der Waals surface area (Å²) < 4.78 is 6.46. The molecule has 0 spiro atoms. The van der Waals surface area contributed by atoms with Gasteiger partial charge in [0.05, 0.1) is 5.69 Å². The number of thioether (sulfide) groups is 1. The van der Waals surface area contributed by atoms with Crippen LogP contribution < -0.4 is 9.64 Å². The van der Waals surface area contributed by atoms with E-state index in [1.165, 1.54) is 0 Å². The number of halogens is 1. The molecule has 0 saturated heterocycles. The van der Waals surface area contributed by atoms with Crippen LogP contribution in [0.2, 0.25) is 5.02 Å². The minimum absolute atomic E-state index is 0.0688. The predicted octanol–water partition coefficient (Wildman–Crippen LogP) is 6.34. The summed E-state index contributed by atoms with van der Waals surface area (Å²) in [7, 11) is 0. The zero-order valence-electron chi connectivity index (χ0n) is 19.2. The van der Waals surface area contributed by atoms with Gasteiger partial charge in [0.15, 0.2) is 5.69 Å². The molecule has 2 heterocycles. The van der Waals surface area contributed by atoms with E-state index in [-0.39, 0.29) is 5.91 Å². The Labute approximate surface area is 203 Å². The number of aryl methyl sites for hydroxylation is 1. The van der Waals surface area contributed by atoms with Crippen molar-refractivity contribution in [2.75, 3.05) is 10.7 Å². The molecule has 4 rings (SSSR count). The number of benzene rings is 2. The Balaban J connectivity index is 1.93. The van der Waals surface area contributed by atoms with E-state index in [9.17, 15) is 4.79 Å². The second-order valence-electron chi connectivity index (χ2n) is 8.30. The minimum Gasteiger partial charge on any atom is -0.447 e. The van der Waals surface area contributed by atoms with E-state index in [1.54, 1.807) is 22.7 Å². The molecule has 2 aromatic carbocycles. The molecule has 0 bridgehead atoms. The lowest BCUT2D eigenvalue weighted by atomic mass is 10.0. The molecule has 172 valence electrons. The first-order chi connectivity index (χ1) is 15.9. The largest absolute Gasteiger partial charge is 0.447 e. The normalized spacial score (nSPS) is 15.0. The van der Waals surface area contributed by atoms with Crippen LogP contribution in [0.5, 0.6) is 5.88 Å². The standard InChI is InChI=1S/C25H27ClN4O2S/c1-5-16-10-11-20-19(12-16)22-23(27-25(29-28-22)33-14-15(3)4)32-24(30(20)21(31)6-2)17-8-7-9-18(26)13-17/h7-13,15,24H,5-6,14H2,1-4H3/t24-/m1/s1. The molecule has 33 heavy (non-hydrogen) atoms. The van der Waals surface area contributed by atoms with E-state index in [1.807, 2.05) is 43.3 Å². The SMILES string of the molecule is CCC(=O)N1c2ccc(CC)cc2-c2nnc(SCC(C)C)nc2O[C@@H]1c1cccc(Cl)c1. The van der Waals surface area contributed by atoms with Crippen LogP contribution in [0.3, 0.4) is 0 Å². The molecule has 0 radical (unpaired) electrons. The summed E-state index contributed by atoms with van der Waals surface area (Å²) in [4.78, 5) is 19.7. The van der Waals surface area contributed by atoms with Crippen LogP contribution in [0.4, 0.5) is 5.69 Å². The monoisotopic (exact) mass is 482 g/mol. The molecule has 3 aromatic rings. The zero-order valence-corrected chi connectivity index (χ0v) is 20.8. The Morgan fingerprint density at radius 2 is 2.00 bits per heavy atom. The topological polar surface area (TPSA) is 68.2 Å². The van der Waals surface area contributed by atoms with E-state index in [0.29, 0.717) is 34.1 Å². The van der Waals surface area contributed by atoms with Crippen LogP contribution in [-0.2, 0) is 11.2 Å². The average molecular weight is 483 g/mol. The van der Waals surface area contributed by atoms with Gasteiger partial charge in [-0.3, -0.25) is 9.69 Å². The van der Waals surface area contributed by atoms with Crippen LogP contribution in [0.25, 0.3) is 11.3 Å². The van der Waals surface area contributed by atoms with Crippen molar-refractivity contribution >= 4 is 35.0 Å². The molecular weight excluding hydrogens is 456 g/mol. The number of amides is 1. The molecule has 0 aliphatic carbocycles. The fraction of sp³-hybridized carbons (Fsp3) is 0.360. The number of hydrogen-bond donors (Lipinski definition) is 0. The number of carbonyl (C=O) groups excluding carboxylic acids is 1. The van der Waals surface area contributed by atoms with E-state index in [2.05, 4.69) is 31.0 Å². The van der Waals surface area contributed by atoms with Gasteiger partial charge >= 0.3 is 0 Å². The maximum absolute atomic E-state index is 13.3. The van der Waals surface area contributed by atoms with Crippen LogP contribution in [0, 0.1) is 5.92 Å². The predicted molar refractivity (Wildman–Crippen MR) is 133 cm³/mol. The molecule has 1 amide bonds. The molecule has 0 fully saturated rings. The van der Waals surface area contributed by atoms with Crippen molar-refractivity contribution < 1.29 is 9.53 Å². The Morgan fingerprint density at radius 1 is 1.18 bits per heavy atom. The van der Waals surface area contributed by atoms with Gasteiger partial charge in [-0.25, -0.2) is 0 Å². The fourth-order valence-electron chi connectivity index (χ4n) is 3.65. The molecular formula is C25H27ClN4O2S. The number of aromatic nitrogens is 3. The van der Waals surface area contributed by atoms with Crippen molar-refractivity contribution in [2.24, 2.45) is 5.92 Å². The fourth-order valence-corrected chi connectivity index (χ4v) is 4.58. The van der Waals surface area contributed by atoms with Crippen molar-refractivity contribution in [1.82, 2.24) is 15.2 Å². The first-order valence-corrected chi connectivity index (χ1v) is 12.5. The third kappa shape index (κ3) is 4.99. The smallest absolute Gasteiger partial charge is 0.247 e. The van der Waals surface area contributed by atoms with Crippen LogP contribution in [0.1, 0.15) is 51.5 Å². The first kappa shape index (κ1) is 23.5. The van der Waals surface area contributed by atoms with Gasteiger partial charge in [-0.05, 0) is 42.2 Å². The van der Waals surface area contributed by atoms with Gasteiger partial charge in [-0.1, -0.05) is 69.3 Å². The first-order valence-electron chi connectivity index (χ1n) is 11.2. The molecule has 0 unspecified atom stereocenters. The molecule has 8 heteroatoms. The molecule has 6 nitrogen and oxygen atoms in total. The lowest BCUT2D eigenvalue weighted by Crippen LogP contribution is -2.37. The van der Waals surface area contributed by atoms with E-state index in [4.69, 9.17) is 21.3 Å². The van der Waals surface area contributed by atoms with Gasteiger partial charge < -0.3 is 4.74 Å². The Morgan fingerprint density at radius 3 is 2.70 bits per heavy atom. The van der Waals surface area contributed by atoms with Crippen molar-refractivity contribution in [3.8, 4) is 17.1 Å². The van der Waals surface area contributed by atoms with Crippen molar-refractivity contribution in [2.45, 2.75) is 51.9 Å². The van der Waals surface area contributed by atoms with E-state index >= 15 is 0 Å². The molecule has 1 aliphatic rings. The number of anilines is 1. The van der Waals surface area contributed by atoms with Crippen LogP contribution in [-0.4, -0.2) is 26.8 Å². The Kier molecular flexibility index (Phi) is 7.20. The highest BCUT2D eigenvalue weighted by molar-refractivity contribution is 7.99. The second-order valence-corrected chi connectivity index (χ2v) is 9.72. The number of rotatable bonds is 6. The zero-order chi connectivity index (χ0) is 23.5. The van der Waals surface area contributed by atoms with Gasteiger partial charge in [0.1, 0.15) is 0 Å². The van der Waals surface area contributed by atoms with Crippen molar-refractivity contribution in [1.29, 1.82) is 0 Å². The minimum atomic E-state index is -0.733. The van der Waals surface area contributed by atoms with Crippen LogP contribution >= 0.6 is 23.4 Å². The highest BCUT2D eigenvalue weighted by atomic mass is 35.5. The summed E-state index contributed by atoms with van der Waals surface area (Å²) in [6, 6.07) is 13.4. The third-order valence-corrected chi connectivity index (χ3v) is 6.83. The second kappa shape index (κ2) is 10.1. The number of nitrogens with zero attached hydrogens (tertiary/aromatic N) is 4. The number of carbonyl (C=O) groups is 1. The van der Waals surface area contributed by atoms with Crippen molar-refractivity contribution in [3.63, 3.8) is 0 Å². The Bertz CT molecular complexity index is 1170. The summed E-state index contributed by atoms with van der Waals surface area (Å²) in [5, 5.41) is 10.00. The number of hydrogen-bond acceptors (Lipinski definition) is 6. The molecule has 1 atom stereocenters. The maximum Gasteiger partial charge on any atom is 0.247 e. The molecule has 1 aromatic heterocycles. The van der Waals surface area contributed by atoms with E-state index in [0.717, 1.165) is 34.6 Å². The third-order valence-electron chi connectivity index (χ3n) is 5.33. The quantitative estimate of drug-likeness (QED) is 0.382. The van der Waals surface area contributed by atoms with Gasteiger partial charge in [-0.2, -0.15) is 4.98 Å². The molecule has 0 saturated carbocycles. The Hall–Kier alpha value is -2.64. The van der Waals surface area contributed by atoms with Gasteiger partial charge in [0.25, 0.3) is 0 Å². The summed E-state index contributed by atoms with van der Waals surface area (Å²) >= 11 is 7.84. The summed E-state index contributed by atoms with van der Waals surface area (Å²) in [5.41, 5.74) is 3.94. The molecule has 0 N–H and O–H groups in total. The maximum atomic E-state index is 13.3. The van der Waals surface area contributed by atoms with Gasteiger partial charge in [0, 0.05) is 28.3 Å². The summed E-state index contributed by atoms with van der Waals surface area (Å²) in [6.07, 6.45) is 0.440. The summed E-state index contributed by atoms with van der Waals surface area (Å²) in [5.74, 6) is 1.65. The number of ether oxygens (including phenoxy) is 1. The lowest BCUT2D eigenvalue weighted by molar-refractivity contribution is -0.120. The van der Waals surface area contributed by atoms with Crippen molar-refractivity contribution in [3.05, 3.63) is 58.6 Å². The van der Waals surface area contributed by atoms with Crippen LogP contribution in [0.15, 0.2) is 47.6 Å². The van der Waals surface area contributed by atoms with E-state index < -0.39 is 6.23 Å². The number of fused-ring (bicyclic) bond motifs is 3. The lowest BCUT2D eigenvalue weighted by Gasteiger charge is -2.30.